The summed E-state index contributed by atoms with van der Waals surface area (Å²) in [7, 11) is 1.63. The minimum atomic E-state index is -0.946. The summed E-state index contributed by atoms with van der Waals surface area (Å²) >= 11 is 9.03. The summed E-state index contributed by atoms with van der Waals surface area (Å²) in [4.78, 5) is 14.7. The molecule has 1 aromatic rings. The van der Waals surface area contributed by atoms with Crippen LogP contribution in [0.5, 0.6) is 5.75 Å². The Bertz CT molecular complexity index is 701. The van der Waals surface area contributed by atoms with Crippen molar-refractivity contribution in [3.63, 3.8) is 0 Å². The number of hydrogen-bond donors (Lipinski definition) is 1. The van der Waals surface area contributed by atoms with Crippen LogP contribution in [-0.2, 0) is 14.3 Å². The van der Waals surface area contributed by atoms with Gasteiger partial charge in [-0.2, -0.15) is 0 Å². The lowest BCUT2D eigenvalue weighted by Crippen LogP contribution is -2.71. The van der Waals surface area contributed by atoms with Gasteiger partial charge in [-0.3, -0.25) is 4.79 Å². The van der Waals surface area contributed by atoms with Gasteiger partial charge in [0.15, 0.2) is 10.8 Å². The molecule has 8 heteroatoms. The quantitative estimate of drug-likeness (QED) is 0.571. The molecule has 0 saturated carbocycles. The fourth-order valence-electron chi connectivity index (χ4n) is 3.52. The SMILES string of the molecule is CCOC(=O)[C@@H]1[C@@H]2NC(=S)N(CCOC)[C@@]1(C)Oc1ccc(Br)cc12. The zero-order valence-electron chi connectivity index (χ0n) is 14.4. The van der Waals surface area contributed by atoms with E-state index in [0.717, 1.165) is 15.8 Å². The van der Waals surface area contributed by atoms with E-state index in [1.165, 1.54) is 0 Å². The Morgan fingerprint density at radius 3 is 2.96 bits per heavy atom. The van der Waals surface area contributed by atoms with Gasteiger partial charge >= 0.3 is 5.97 Å². The Labute approximate surface area is 160 Å². The topological polar surface area (TPSA) is 60.0 Å². The van der Waals surface area contributed by atoms with E-state index in [-0.39, 0.29) is 12.0 Å². The van der Waals surface area contributed by atoms with Crippen molar-refractivity contribution in [2.45, 2.75) is 25.6 Å². The van der Waals surface area contributed by atoms with E-state index in [1.807, 2.05) is 30.0 Å². The van der Waals surface area contributed by atoms with Crippen molar-refractivity contribution < 1.29 is 19.0 Å². The molecule has 1 saturated heterocycles. The third-order valence-electron chi connectivity index (χ3n) is 4.65. The number of methoxy groups -OCH3 is 1. The van der Waals surface area contributed by atoms with E-state index in [1.54, 1.807) is 14.0 Å². The Kier molecular flexibility index (Phi) is 5.22. The van der Waals surface area contributed by atoms with Gasteiger partial charge in [0.25, 0.3) is 0 Å². The van der Waals surface area contributed by atoms with Crippen LogP contribution < -0.4 is 10.1 Å². The molecule has 3 atom stereocenters. The molecular formula is C17H21BrN2O4S. The number of nitrogens with zero attached hydrogens (tertiary/aromatic N) is 1. The van der Waals surface area contributed by atoms with Gasteiger partial charge in [-0.1, -0.05) is 15.9 Å². The first-order chi connectivity index (χ1) is 11.9. The summed E-state index contributed by atoms with van der Waals surface area (Å²) in [6, 6.07) is 5.46. The van der Waals surface area contributed by atoms with Crippen molar-refractivity contribution in [2.24, 2.45) is 5.92 Å². The van der Waals surface area contributed by atoms with Crippen molar-refractivity contribution in [1.82, 2.24) is 10.2 Å². The molecule has 136 valence electrons. The monoisotopic (exact) mass is 428 g/mol. The standard InChI is InChI=1S/C17H21BrN2O4S/c1-4-23-15(21)13-14-11-9-10(18)5-6-12(11)24-17(13,2)20(7-8-22-3)16(25)19-14/h5-6,9,13-14H,4,7-8H2,1-3H3,(H,19,25)/t13-,14+,17-/m0/s1. The number of halogens is 1. The van der Waals surface area contributed by atoms with Crippen molar-refractivity contribution >= 4 is 39.2 Å². The minimum Gasteiger partial charge on any atom is -0.467 e. The first-order valence-corrected chi connectivity index (χ1v) is 9.34. The summed E-state index contributed by atoms with van der Waals surface area (Å²) in [5, 5.41) is 3.84. The highest BCUT2D eigenvalue weighted by Gasteiger charge is 2.59. The van der Waals surface area contributed by atoms with E-state index in [2.05, 4.69) is 21.2 Å². The molecule has 0 amide bonds. The number of carbonyl (C=O) groups excluding carboxylic acids is 1. The van der Waals surface area contributed by atoms with E-state index >= 15 is 0 Å². The number of hydrogen-bond acceptors (Lipinski definition) is 5. The van der Waals surface area contributed by atoms with Crippen molar-refractivity contribution in [2.75, 3.05) is 26.9 Å². The van der Waals surface area contributed by atoms with Gasteiger partial charge in [-0.05, 0) is 44.3 Å². The first kappa shape index (κ1) is 18.4. The number of carbonyl (C=O) groups is 1. The van der Waals surface area contributed by atoms with Crippen LogP contribution in [-0.4, -0.2) is 48.6 Å². The molecular weight excluding hydrogens is 408 g/mol. The predicted molar refractivity (Wildman–Crippen MR) is 100 cm³/mol. The molecule has 25 heavy (non-hydrogen) atoms. The number of esters is 1. The van der Waals surface area contributed by atoms with Gasteiger partial charge in [0.2, 0.25) is 0 Å². The van der Waals surface area contributed by atoms with Gasteiger partial charge < -0.3 is 24.4 Å². The highest BCUT2D eigenvalue weighted by Crippen LogP contribution is 2.49. The molecule has 1 N–H and O–H groups in total. The lowest BCUT2D eigenvalue weighted by atomic mass is 9.79. The van der Waals surface area contributed by atoms with E-state index in [4.69, 9.17) is 26.4 Å². The fourth-order valence-corrected chi connectivity index (χ4v) is 4.30. The van der Waals surface area contributed by atoms with Crippen LogP contribution in [0, 0.1) is 5.92 Å². The van der Waals surface area contributed by atoms with Crippen molar-refractivity contribution in [3.8, 4) is 5.75 Å². The molecule has 2 bridgehead atoms. The summed E-state index contributed by atoms with van der Waals surface area (Å²) in [6.07, 6.45) is 0. The lowest BCUT2D eigenvalue weighted by Gasteiger charge is -2.55. The van der Waals surface area contributed by atoms with Gasteiger partial charge in [0.05, 0.1) is 19.3 Å². The molecule has 2 aliphatic rings. The Balaban J connectivity index is 2.09. The average molecular weight is 429 g/mol. The van der Waals surface area contributed by atoms with Crippen LogP contribution in [0.3, 0.4) is 0 Å². The lowest BCUT2D eigenvalue weighted by molar-refractivity contribution is -0.176. The predicted octanol–water partition coefficient (Wildman–Crippen LogP) is 2.61. The number of ether oxygens (including phenoxy) is 3. The maximum absolute atomic E-state index is 12.8. The second kappa shape index (κ2) is 7.09. The zero-order chi connectivity index (χ0) is 18.2. The largest absolute Gasteiger partial charge is 0.467 e. The van der Waals surface area contributed by atoms with Gasteiger partial charge in [-0.15, -0.1) is 0 Å². The molecule has 0 radical (unpaired) electrons. The number of fused-ring (bicyclic) bond motifs is 4. The summed E-state index contributed by atoms with van der Waals surface area (Å²) in [5.74, 6) is -0.135. The van der Waals surface area contributed by atoms with Crippen molar-refractivity contribution in [1.29, 1.82) is 0 Å². The first-order valence-electron chi connectivity index (χ1n) is 8.14. The van der Waals surface area contributed by atoms with Crippen LogP contribution in [0.15, 0.2) is 22.7 Å². The average Bonchev–Trinajstić information content (AvgIpc) is 2.55. The molecule has 2 aliphatic heterocycles. The van der Waals surface area contributed by atoms with Crippen molar-refractivity contribution in [3.05, 3.63) is 28.2 Å². The second-order valence-corrected chi connectivity index (χ2v) is 7.44. The maximum Gasteiger partial charge on any atom is 0.317 e. The summed E-state index contributed by atoms with van der Waals surface area (Å²) in [5.41, 5.74) is -0.0582. The van der Waals surface area contributed by atoms with Crippen LogP contribution >= 0.6 is 28.1 Å². The smallest absolute Gasteiger partial charge is 0.317 e. The number of nitrogens with one attached hydrogen (secondary N) is 1. The van der Waals surface area contributed by atoms with E-state index in [9.17, 15) is 4.79 Å². The molecule has 0 aromatic heterocycles. The molecule has 0 spiro atoms. The van der Waals surface area contributed by atoms with Gasteiger partial charge in [-0.25, -0.2) is 0 Å². The normalized spacial score (nSPS) is 27.2. The highest BCUT2D eigenvalue weighted by molar-refractivity contribution is 9.10. The fraction of sp³-hybridized carbons (Fsp3) is 0.529. The zero-order valence-corrected chi connectivity index (χ0v) is 16.8. The molecule has 3 rings (SSSR count). The molecule has 1 aromatic carbocycles. The maximum atomic E-state index is 12.8. The van der Waals surface area contributed by atoms with E-state index in [0.29, 0.717) is 24.9 Å². The number of rotatable bonds is 5. The molecule has 2 heterocycles. The number of benzene rings is 1. The molecule has 6 nitrogen and oxygen atoms in total. The Morgan fingerprint density at radius 1 is 1.52 bits per heavy atom. The molecule has 1 fully saturated rings. The van der Waals surface area contributed by atoms with Crippen LogP contribution in [0.2, 0.25) is 0 Å². The van der Waals surface area contributed by atoms with E-state index < -0.39 is 11.6 Å². The second-order valence-electron chi connectivity index (χ2n) is 6.14. The molecule has 0 unspecified atom stereocenters. The Morgan fingerprint density at radius 2 is 2.28 bits per heavy atom. The molecule has 0 aliphatic carbocycles. The van der Waals surface area contributed by atoms with Crippen LogP contribution in [0.4, 0.5) is 0 Å². The number of thiocarbonyl (C=S) groups is 1. The van der Waals surface area contributed by atoms with Crippen LogP contribution in [0.25, 0.3) is 0 Å². The minimum absolute atomic E-state index is 0.307. The summed E-state index contributed by atoms with van der Waals surface area (Å²) < 4.78 is 17.8. The Hall–Kier alpha value is -1.38. The highest BCUT2D eigenvalue weighted by atomic mass is 79.9. The summed E-state index contributed by atoms with van der Waals surface area (Å²) in [6.45, 7) is 4.97. The van der Waals surface area contributed by atoms with Gasteiger partial charge in [0, 0.05) is 23.7 Å². The van der Waals surface area contributed by atoms with Gasteiger partial charge in [0.1, 0.15) is 11.7 Å². The van der Waals surface area contributed by atoms with Crippen LogP contribution in [0.1, 0.15) is 25.5 Å². The third kappa shape index (κ3) is 3.11. The third-order valence-corrected chi connectivity index (χ3v) is 5.48.